The fourth-order valence-electron chi connectivity index (χ4n) is 13.9. The topological polar surface area (TPSA) is 491 Å². The second-order valence-corrected chi connectivity index (χ2v) is 30.0. The Kier molecular flexibility index (Phi) is 34.1. The van der Waals surface area contributed by atoms with Crippen molar-refractivity contribution < 1.29 is 81.8 Å². The molecule has 0 spiro atoms. The van der Waals surface area contributed by atoms with Crippen molar-refractivity contribution >= 4 is 129 Å². The molecule has 634 valence electrons. The van der Waals surface area contributed by atoms with E-state index < -0.39 is 200 Å². The highest BCUT2D eigenvalue weighted by molar-refractivity contribution is 6.04. The molecule has 37 heteroatoms. The Bertz CT molecular complexity index is 4460. The predicted octanol–water partition coefficient (Wildman–Crippen LogP) is 1.15. The van der Waals surface area contributed by atoms with E-state index in [9.17, 15) is 62.6 Å². The second kappa shape index (κ2) is 43.2. The predicted molar refractivity (Wildman–Crippen MR) is 434 cm³/mol. The number of pyridine rings is 2. The molecule has 0 bridgehead atoms. The number of benzene rings is 3. The zero-order valence-corrected chi connectivity index (χ0v) is 68.5. The van der Waals surface area contributed by atoms with E-state index in [4.69, 9.17) is 21.2 Å². The number of aromatic hydroxyl groups is 1. The lowest BCUT2D eigenvalue weighted by molar-refractivity contribution is -0.146. The van der Waals surface area contributed by atoms with Crippen molar-refractivity contribution in [2.24, 2.45) is 29.2 Å². The first-order valence-corrected chi connectivity index (χ1v) is 39.1. The quantitative estimate of drug-likeness (QED) is 0.0486. The van der Waals surface area contributed by atoms with E-state index >= 15 is 14.4 Å². The molecular weight excluding hydrogens is 1530 g/mol. The molecule has 5 heterocycles. The van der Waals surface area contributed by atoms with E-state index in [1.165, 1.54) is 44.1 Å². The minimum Gasteiger partial charge on any atom is -0.505 e. The van der Waals surface area contributed by atoms with Gasteiger partial charge in [-0.15, -0.1) is 12.4 Å². The van der Waals surface area contributed by atoms with Crippen LogP contribution in [0, 0.1) is 17.8 Å². The van der Waals surface area contributed by atoms with Gasteiger partial charge in [-0.25, -0.2) is 14.8 Å². The standard InChI is InChI=1S/C80H109N19O17.ClH/c1-11-46(5)68-76(111)84-38-55(92-74(109)66-59(100)36-49-22-13-15-24-52(49)89-66)78(113)98-34-19-17-27-57(98)71(106)86-40-61(101)95(8)43-64(104)97(10)69(47(6)12-2)77(112)85-39-56(79(114)99-35-20-18-28-58(99)72(107)87-41-62(102)94(7)42-63(103)96(68)9)93-75(110)67-60(37-50-23-14-16-25-53(50)90-67)116-44-48-29-31-51(32-30-48)88-70(105)54(26-21-33-83-80(82)115)91-73(108)65(81)45(3)4;/h13-16,22-25,29-32,36-37,45-47,54-58,65,68-69,100H,11-12,17-21,26-28,33-35,38-44,81H2,1-10H3,(H,84,111)(H,85,112)(H,86,106)(H,87,107)(H,88,105)(H,91,108)(H,92,109)(H,93,110)(H3,82,83,115);1H/t46-,47-,54-,55+,56+,57-,58-,65-,68-,69-;/m0./s1. The Morgan fingerprint density at radius 1 is 0.590 bits per heavy atom. The number of hydrogen-bond acceptors (Lipinski definition) is 20. The summed E-state index contributed by atoms with van der Waals surface area (Å²) >= 11 is 0. The highest BCUT2D eigenvalue weighted by Gasteiger charge is 2.42. The maximum Gasteiger partial charge on any atom is 0.312 e. The maximum atomic E-state index is 15.5. The number of amides is 16. The lowest BCUT2D eigenvalue weighted by Crippen LogP contribution is -2.61. The third kappa shape index (κ3) is 24.6. The van der Waals surface area contributed by atoms with E-state index in [1.807, 2.05) is 0 Å². The highest BCUT2D eigenvalue weighted by atomic mass is 35.5. The van der Waals surface area contributed by atoms with Crippen LogP contribution in [0.4, 0.5) is 10.5 Å². The summed E-state index contributed by atoms with van der Waals surface area (Å²) in [4.78, 5) is 229. The largest absolute Gasteiger partial charge is 0.505 e. The SMILES string of the molecule is CC[C@H](C)[C@H]1C(=O)NC[C@@H](NC(=O)c2nc3ccccc3cc2OCc2ccc(NC(=O)[C@H](CCCNC(N)=O)NC(=O)[C@@H](N)C(C)C)cc2)C(=O)N2CCCC[C@H]2C(=O)NCC(=O)N(C)CC(=O)N(C)[C@@H]([C@@H](C)CC)C(=O)NC[C@@H](NC(=O)c2nc3ccccc3cc2O)C(=O)N2CCCC[C@H]2C(=O)NCC(=O)N(C)CC(=O)N1C.Cl. The van der Waals surface area contributed by atoms with E-state index in [-0.39, 0.29) is 81.7 Å². The van der Waals surface area contributed by atoms with Crippen LogP contribution in [-0.4, -0.2) is 269 Å². The van der Waals surface area contributed by atoms with E-state index in [1.54, 1.807) is 120 Å². The summed E-state index contributed by atoms with van der Waals surface area (Å²) in [5.41, 5.74) is 12.1. The third-order valence-corrected chi connectivity index (χ3v) is 21.4. The molecule has 8 rings (SSSR count). The minimum atomic E-state index is -1.69. The summed E-state index contributed by atoms with van der Waals surface area (Å²) in [6, 6.07) is 11.8. The van der Waals surface area contributed by atoms with Crippen LogP contribution < -0.4 is 64.1 Å². The van der Waals surface area contributed by atoms with Gasteiger partial charge in [0.1, 0.15) is 54.6 Å². The lowest BCUT2D eigenvalue weighted by atomic mass is 9.96. The number of nitrogens with zero attached hydrogens (tertiary/aromatic N) is 8. The maximum absolute atomic E-state index is 15.5. The molecular formula is C80H110ClN19O17. The number of halogens is 1. The number of primary amides is 1. The number of nitrogens with two attached hydrogens (primary N) is 2. The Hall–Kier alpha value is -11.8. The number of aromatic nitrogens is 2. The molecule has 117 heavy (non-hydrogen) atoms. The normalized spacial score (nSPS) is 21.0. The molecule has 0 unspecified atom stereocenters. The first-order chi connectivity index (χ1) is 55.2. The zero-order chi connectivity index (χ0) is 84.8. The van der Waals surface area contributed by atoms with Gasteiger partial charge >= 0.3 is 6.03 Å². The Morgan fingerprint density at radius 2 is 1.05 bits per heavy atom. The number of ether oxygens (including phenoxy) is 1. The minimum absolute atomic E-state index is 0. The summed E-state index contributed by atoms with van der Waals surface area (Å²) in [5, 5.41) is 36.2. The summed E-state index contributed by atoms with van der Waals surface area (Å²) in [7, 11) is 5.32. The van der Waals surface area contributed by atoms with Crippen LogP contribution in [0.1, 0.15) is 132 Å². The van der Waals surface area contributed by atoms with Crippen molar-refractivity contribution in [1.29, 1.82) is 0 Å². The van der Waals surface area contributed by atoms with Gasteiger partial charge in [0.25, 0.3) is 11.8 Å². The van der Waals surface area contributed by atoms with Crippen molar-refractivity contribution in [2.75, 3.05) is 92.4 Å². The molecule has 3 aromatic carbocycles. The van der Waals surface area contributed by atoms with Gasteiger partial charge in [0.15, 0.2) is 17.1 Å². The second-order valence-electron chi connectivity index (χ2n) is 30.0. The number of carbonyl (C=O) groups is 15. The summed E-state index contributed by atoms with van der Waals surface area (Å²) in [5.74, 6) is -12.8. The molecule has 3 aliphatic heterocycles. The Morgan fingerprint density at radius 3 is 1.52 bits per heavy atom. The van der Waals surface area contributed by atoms with E-state index in [0.717, 1.165) is 19.6 Å². The molecule has 0 aliphatic carbocycles. The van der Waals surface area contributed by atoms with Gasteiger partial charge in [0, 0.05) is 77.4 Å². The van der Waals surface area contributed by atoms with Crippen molar-refractivity contribution in [1.82, 2.24) is 81.9 Å². The number of nitrogens with one attached hydrogen (secondary N) is 9. The average molecular weight is 1650 g/mol. The molecule has 16 amide bonds. The Balaban J connectivity index is 0.0000189. The van der Waals surface area contributed by atoms with E-state index in [2.05, 4.69) is 52.8 Å². The number of para-hydroxylation sites is 2. The van der Waals surface area contributed by atoms with Gasteiger partial charge in [0.05, 0.1) is 43.3 Å². The molecule has 14 N–H and O–H groups in total. The monoisotopic (exact) mass is 1640 g/mol. The zero-order valence-electron chi connectivity index (χ0n) is 67.7. The van der Waals surface area contributed by atoms with Crippen LogP contribution in [0.2, 0.25) is 0 Å². The van der Waals surface area contributed by atoms with Gasteiger partial charge in [-0.3, -0.25) is 67.1 Å². The number of fused-ring (bicyclic) bond motifs is 4. The highest BCUT2D eigenvalue weighted by Crippen LogP contribution is 2.28. The first kappa shape index (κ1) is 92.4. The molecule has 2 aromatic heterocycles. The number of piperidine rings is 2. The van der Waals surface area contributed by atoms with Crippen LogP contribution >= 0.6 is 12.4 Å². The third-order valence-electron chi connectivity index (χ3n) is 21.4. The van der Waals surface area contributed by atoms with Crippen LogP contribution in [0.25, 0.3) is 21.8 Å². The molecule has 3 fully saturated rings. The first-order valence-electron chi connectivity index (χ1n) is 39.1. The molecule has 10 atom stereocenters. The number of urea groups is 1. The van der Waals surface area contributed by atoms with Crippen molar-refractivity contribution in [3.8, 4) is 11.5 Å². The summed E-state index contributed by atoms with van der Waals surface area (Å²) in [6.45, 7) is 6.58. The van der Waals surface area contributed by atoms with Gasteiger partial charge in [0.2, 0.25) is 70.9 Å². The Labute approximate surface area is 684 Å². The smallest absolute Gasteiger partial charge is 0.312 e. The number of carbonyl (C=O) groups excluding carboxylic acids is 15. The summed E-state index contributed by atoms with van der Waals surface area (Å²) < 4.78 is 6.36. The molecule has 3 saturated heterocycles. The van der Waals surface area contributed by atoms with Gasteiger partial charge in [-0.1, -0.05) is 103 Å². The van der Waals surface area contributed by atoms with Crippen molar-refractivity contribution in [3.05, 3.63) is 102 Å². The molecule has 0 saturated carbocycles. The van der Waals surface area contributed by atoms with Crippen molar-refractivity contribution in [2.45, 2.75) is 161 Å². The molecule has 5 aromatic rings. The average Bonchev–Trinajstić information content (AvgIpc) is 0.786. The summed E-state index contributed by atoms with van der Waals surface area (Å²) in [6.07, 6.45) is 2.94. The van der Waals surface area contributed by atoms with Gasteiger partial charge < -0.3 is 98.6 Å². The number of anilines is 1. The van der Waals surface area contributed by atoms with Crippen LogP contribution in [-0.2, 0) is 64.1 Å². The number of rotatable bonds is 20. The van der Waals surface area contributed by atoms with Gasteiger partial charge in [-0.05, 0) is 111 Å². The molecule has 36 nitrogen and oxygen atoms in total. The number of likely N-dealkylation sites (N-methyl/N-ethyl adjacent to an activating group) is 4. The fourth-order valence-corrected chi connectivity index (χ4v) is 13.9. The fraction of sp³-hybridized carbons (Fsp3) is 0.512. The van der Waals surface area contributed by atoms with Crippen LogP contribution in [0.5, 0.6) is 11.5 Å². The molecule has 0 radical (unpaired) electrons. The van der Waals surface area contributed by atoms with Crippen LogP contribution in [0.15, 0.2) is 84.9 Å². The van der Waals surface area contributed by atoms with Crippen molar-refractivity contribution in [3.63, 3.8) is 0 Å². The lowest BCUT2D eigenvalue weighted by Gasteiger charge is -2.38. The van der Waals surface area contributed by atoms with Gasteiger partial charge in [-0.2, -0.15) is 0 Å². The number of hydrogen-bond donors (Lipinski definition) is 12. The van der Waals surface area contributed by atoms with Crippen LogP contribution in [0.3, 0.4) is 0 Å². The van der Waals surface area contributed by atoms with E-state index in [0.29, 0.717) is 71.6 Å². The molecule has 3 aliphatic rings.